The van der Waals surface area contributed by atoms with Crippen molar-refractivity contribution in [2.75, 3.05) is 24.6 Å². The van der Waals surface area contributed by atoms with Crippen LogP contribution in [0, 0.1) is 0 Å². The van der Waals surface area contributed by atoms with Crippen LogP contribution in [0.15, 0.2) is 0 Å². The molecule has 98 valence electrons. The molecule has 1 heterocycles. The first-order valence-electron chi connectivity index (χ1n) is 5.71. The van der Waals surface area contributed by atoms with Crippen molar-refractivity contribution < 1.29 is 19.4 Å². The fourth-order valence-electron chi connectivity index (χ4n) is 1.79. The van der Waals surface area contributed by atoms with E-state index in [1.54, 1.807) is 4.90 Å². The maximum Gasteiger partial charge on any atom is 0.304 e. The Hall–Kier alpha value is -0.750. The highest BCUT2D eigenvalue weighted by molar-refractivity contribution is 7.99. The molecule has 1 aliphatic heterocycles. The van der Waals surface area contributed by atoms with E-state index in [1.165, 1.54) is 11.8 Å². The van der Waals surface area contributed by atoms with Gasteiger partial charge in [-0.25, -0.2) is 0 Å². The second-order valence-electron chi connectivity index (χ2n) is 4.25. The first-order chi connectivity index (χ1) is 7.99. The Labute approximate surface area is 105 Å². The number of morpholine rings is 1. The Morgan fingerprint density at radius 3 is 2.47 bits per heavy atom. The molecule has 0 saturated carbocycles. The molecule has 0 unspecified atom stereocenters. The highest BCUT2D eigenvalue weighted by Crippen LogP contribution is 2.13. The van der Waals surface area contributed by atoms with Gasteiger partial charge in [0, 0.05) is 18.8 Å². The molecular weight excluding hydrogens is 242 g/mol. The van der Waals surface area contributed by atoms with Crippen molar-refractivity contribution in [3.05, 3.63) is 0 Å². The van der Waals surface area contributed by atoms with E-state index in [4.69, 9.17) is 9.84 Å². The quantitative estimate of drug-likeness (QED) is 0.743. The van der Waals surface area contributed by atoms with Crippen LogP contribution in [0.5, 0.6) is 0 Å². The number of rotatable bonds is 5. The minimum Gasteiger partial charge on any atom is -0.481 e. The minimum absolute atomic E-state index is 0.0717. The van der Waals surface area contributed by atoms with Gasteiger partial charge in [0.2, 0.25) is 5.91 Å². The lowest BCUT2D eigenvalue weighted by Gasteiger charge is -2.35. The van der Waals surface area contributed by atoms with Gasteiger partial charge in [-0.15, -0.1) is 0 Å². The third-order valence-electron chi connectivity index (χ3n) is 2.46. The topological polar surface area (TPSA) is 66.8 Å². The number of amides is 1. The average molecular weight is 261 g/mol. The summed E-state index contributed by atoms with van der Waals surface area (Å²) in [6, 6.07) is 0. The van der Waals surface area contributed by atoms with Gasteiger partial charge in [-0.2, -0.15) is 11.8 Å². The number of hydrogen-bond donors (Lipinski definition) is 1. The number of carboxylic acids is 1. The molecule has 0 aromatic rings. The lowest BCUT2D eigenvalue weighted by atomic mass is 10.2. The molecule has 0 radical (unpaired) electrons. The largest absolute Gasteiger partial charge is 0.481 e. The molecule has 5 nitrogen and oxygen atoms in total. The van der Waals surface area contributed by atoms with Crippen LogP contribution < -0.4 is 0 Å². The lowest BCUT2D eigenvalue weighted by molar-refractivity contribution is -0.140. The highest BCUT2D eigenvalue weighted by Gasteiger charge is 2.25. The van der Waals surface area contributed by atoms with Crippen LogP contribution in [0.25, 0.3) is 0 Å². The van der Waals surface area contributed by atoms with Crippen molar-refractivity contribution >= 4 is 23.6 Å². The SMILES string of the molecule is C[C@@H]1CN(C(=O)CSCCC(=O)O)C[C@@H](C)O1. The van der Waals surface area contributed by atoms with Crippen LogP contribution in [0.3, 0.4) is 0 Å². The number of carboxylic acid groups (broad SMARTS) is 1. The fourth-order valence-corrected chi connectivity index (χ4v) is 2.61. The van der Waals surface area contributed by atoms with Crippen molar-refractivity contribution in [1.29, 1.82) is 0 Å². The molecule has 1 amide bonds. The Kier molecular flexibility index (Phi) is 5.77. The van der Waals surface area contributed by atoms with E-state index in [9.17, 15) is 9.59 Å². The summed E-state index contributed by atoms with van der Waals surface area (Å²) < 4.78 is 5.55. The van der Waals surface area contributed by atoms with Crippen molar-refractivity contribution in [3.8, 4) is 0 Å². The summed E-state index contributed by atoms with van der Waals surface area (Å²) in [6.07, 6.45) is 0.256. The van der Waals surface area contributed by atoms with Gasteiger partial charge >= 0.3 is 5.97 Å². The number of thioether (sulfide) groups is 1. The third kappa shape index (κ3) is 5.41. The molecule has 0 aromatic heterocycles. The zero-order valence-electron chi connectivity index (χ0n) is 10.2. The van der Waals surface area contributed by atoms with Crippen molar-refractivity contribution in [2.24, 2.45) is 0 Å². The standard InChI is InChI=1S/C11H19NO4S/c1-8-5-12(6-9(2)16-8)10(13)7-17-4-3-11(14)15/h8-9H,3-7H2,1-2H3,(H,14,15)/t8-,9-/m1/s1. The second kappa shape index (κ2) is 6.86. The van der Waals surface area contributed by atoms with Gasteiger partial charge in [0.15, 0.2) is 0 Å². The van der Waals surface area contributed by atoms with Crippen LogP contribution in [-0.2, 0) is 14.3 Å². The molecule has 1 N–H and O–H groups in total. The molecular formula is C11H19NO4S. The first kappa shape index (κ1) is 14.3. The fraction of sp³-hybridized carbons (Fsp3) is 0.818. The third-order valence-corrected chi connectivity index (χ3v) is 3.40. The van der Waals surface area contributed by atoms with Crippen LogP contribution >= 0.6 is 11.8 Å². The molecule has 0 bridgehead atoms. The Balaban J connectivity index is 2.24. The van der Waals surface area contributed by atoms with Gasteiger partial charge in [0.05, 0.1) is 24.4 Å². The second-order valence-corrected chi connectivity index (χ2v) is 5.36. The van der Waals surface area contributed by atoms with Crippen molar-refractivity contribution in [1.82, 2.24) is 4.90 Å². The maximum atomic E-state index is 11.8. The summed E-state index contributed by atoms with van der Waals surface area (Å²) in [4.78, 5) is 23.9. The molecule has 17 heavy (non-hydrogen) atoms. The summed E-state index contributed by atoms with van der Waals surface area (Å²) in [6.45, 7) is 5.16. The molecule has 1 aliphatic rings. The van der Waals surface area contributed by atoms with Crippen LogP contribution in [0.2, 0.25) is 0 Å². The van der Waals surface area contributed by atoms with E-state index < -0.39 is 5.97 Å². The maximum absolute atomic E-state index is 11.8. The summed E-state index contributed by atoms with van der Waals surface area (Å²) in [5, 5.41) is 8.47. The van der Waals surface area contributed by atoms with Gasteiger partial charge in [0.25, 0.3) is 0 Å². The number of carbonyl (C=O) groups excluding carboxylic acids is 1. The predicted octanol–water partition coefficient (Wildman–Crippen LogP) is 0.830. The average Bonchev–Trinajstić information content (AvgIpc) is 2.22. The van der Waals surface area contributed by atoms with Crippen LogP contribution in [-0.4, -0.2) is 58.7 Å². The minimum atomic E-state index is -0.821. The van der Waals surface area contributed by atoms with Crippen LogP contribution in [0.4, 0.5) is 0 Å². The lowest BCUT2D eigenvalue weighted by Crippen LogP contribution is -2.48. The van der Waals surface area contributed by atoms with E-state index in [2.05, 4.69) is 0 Å². The van der Waals surface area contributed by atoms with Gasteiger partial charge in [-0.3, -0.25) is 9.59 Å². The molecule has 1 rings (SSSR count). The van der Waals surface area contributed by atoms with Crippen molar-refractivity contribution in [2.45, 2.75) is 32.5 Å². The van der Waals surface area contributed by atoms with E-state index in [-0.39, 0.29) is 24.5 Å². The van der Waals surface area contributed by atoms with E-state index in [0.29, 0.717) is 24.6 Å². The van der Waals surface area contributed by atoms with Gasteiger partial charge in [-0.05, 0) is 13.8 Å². The number of carbonyl (C=O) groups is 2. The molecule has 2 atom stereocenters. The molecule has 1 fully saturated rings. The molecule has 6 heteroatoms. The Morgan fingerprint density at radius 2 is 1.94 bits per heavy atom. The summed E-state index contributed by atoms with van der Waals surface area (Å²) in [5.41, 5.74) is 0. The number of nitrogens with zero attached hydrogens (tertiary/aromatic N) is 1. The Bertz CT molecular complexity index is 275. The van der Waals surface area contributed by atoms with Gasteiger partial charge < -0.3 is 14.7 Å². The molecule has 0 aromatic carbocycles. The summed E-state index contributed by atoms with van der Waals surface area (Å²) in [5.74, 6) is 0.0874. The summed E-state index contributed by atoms with van der Waals surface area (Å²) in [7, 11) is 0. The number of hydrogen-bond acceptors (Lipinski definition) is 4. The van der Waals surface area contributed by atoms with E-state index in [1.807, 2.05) is 13.8 Å². The smallest absolute Gasteiger partial charge is 0.304 e. The number of ether oxygens (including phenoxy) is 1. The van der Waals surface area contributed by atoms with Gasteiger partial charge in [-0.1, -0.05) is 0 Å². The van der Waals surface area contributed by atoms with Gasteiger partial charge in [0.1, 0.15) is 0 Å². The highest BCUT2D eigenvalue weighted by atomic mass is 32.2. The summed E-state index contributed by atoms with van der Waals surface area (Å²) >= 11 is 1.37. The van der Waals surface area contributed by atoms with E-state index in [0.717, 1.165) is 0 Å². The van der Waals surface area contributed by atoms with Crippen LogP contribution in [0.1, 0.15) is 20.3 Å². The first-order valence-corrected chi connectivity index (χ1v) is 6.87. The van der Waals surface area contributed by atoms with E-state index >= 15 is 0 Å². The Morgan fingerprint density at radius 1 is 1.35 bits per heavy atom. The zero-order chi connectivity index (χ0) is 12.8. The monoisotopic (exact) mass is 261 g/mol. The molecule has 1 saturated heterocycles. The predicted molar refractivity (Wildman–Crippen MR) is 66.2 cm³/mol. The normalized spacial score (nSPS) is 24.7. The zero-order valence-corrected chi connectivity index (χ0v) is 11.0. The molecule has 0 aliphatic carbocycles. The molecule has 0 spiro atoms. The van der Waals surface area contributed by atoms with Crippen molar-refractivity contribution in [3.63, 3.8) is 0 Å². The number of aliphatic carboxylic acids is 1.